The first-order chi connectivity index (χ1) is 10.1. The SMILES string of the molecule is CCN1CCOC(CNC(=O)c2cc(C)nc(NC)c2)C1. The average molecular weight is 292 g/mol. The first-order valence-electron chi connectivity index (χ1n) is 7.41. The number of carbonyl (C=O) groups is 1. The van der Waals surface area contributed by atoms with E-state index in [1.165, 1.54) is 0 Å². The van der Waals surface area contributed by atoms with Crippen LogP contribution in [0.15, 0.2) is 12.1 Å². The first-order valence-corrected chi connectivity index (χ1v) is 7.41. The zero-order chi connectivity index (χ0) is 15.2. The van der Waals surface area contributed by atoms with Crippen molar-refractivity contribution in [3.05, 3.63) is 23.4 Å². The molecular weight excluding hydrogens is 268 g/mol. The predicted octanol–water partition coefficient (Wildman–Crippen LogP) is 0.882. The fourth-order valence-electron chi connectivity index (χ4n) is 2.43. The van der Waals surface area contributed by atoms with Crippen molar-refractivity contribution in [1.29, 1.82) is 0 Å². The molecule has 2 heterocycles. The molecule has 0 radical (unpaired) electrons. The highest BCUT2D eigenvalue weighted by Crippen LogP contribution is 2.10. The molecule has 1 amide bonds. The number of rotatable bonds is 5. The quantitative estimate of drug-likeness (QED) is 0.843. The lowest BCUT2D eigenvalue weighted by Crippen LogP contribution is -2.47. The fraction of sp³-hybridized carbons (Fsp3) is 0.600. The number of nitrogens with zero attached hydrogens (tertiary/aromatic N) is 2. The molecule has 6 heteroatoms. The molecule has 1 fully saturated rings. The van der Waals surface area contributed by atoms with E-state index in [0.717, 1.165) is 31.9 Å². The van der Waals surface area contributed by atoms with Crippen LogP contribution in [0.4, 0.5) is 5.82 Å². The normalized spacial score (nSPS) is 19.3. The zero-order valence-corrected chi connectivity index (χ0v) is 13.0. The minimum Gasteiger partial charge on any atom is -0.374 e. The van der Waals surface area contributed by atoms with Gasteiger partial charge in [-0.2, -0.15) is 0 Å². The van der Waals surface area contributed by atoms with Crippen LogP contribution in [0, 0.1) is 6.92 Å². The van der Waals surface area contributed by atoms with Crippen molar-refractivity contribution in [1.82, 2.24) is 15.2 Å². The molecule has 1 saturated heterocycles. The Bertz CT molecular complexity index is 493. The summed E-state index contributed by atoms with van der Waals surface area (Å²) in [5.74, 6) is 0.612. The molecule has 21 heavy (non-hydrogen) atoms. The van der Waals surface area contributed by atoms with E-state index in [1.54, 1.807) is 19.2 Å². The number of amides is 1. The van der Waals surface area contributed by atoms with Crippen LogP contribution < -0.4 is 10.6 Å². The van der Waals surface area contributed by atoms with Gasteiger partial charge in [0.15, 0.2) is 0 Å². The van der Waals surface area contributed by atoms with Crippen LogP contribution in [-0.4, -0.2) is 61.7 Å². The molecule has 0 aromatic carbocycles. The van der Waals surface area contributed by atoms with Gasteiger partial charge in [0.05, 0.1) is 12.7 Å². The topological polar surface area (TPSA) is 66.5 Å². The summed E-state index contributed by atoms with van der Waals surface area (Å²) < 4.78 is 5.68. The first kappa shape index (κ1) is 15.7. The Morgan fingerprint density at radius 2 is 2.33 bits per heavy atom. The second-order valence-electron chi connectivity index (χ2n) is 5.23. The highest BCUT2D eigenvalue weighted by molar-refractivity contribution is 5.95. The lowest BCUT2D eigenvalue weighted by Gasteiger charge is -2.32. The van der Waals surface area contributed by atoms with Crippen LogP contribution in [-0.2, 0) is 4.74 Å². The number of nitrogens with one attached hydrogen (secondary N) is 2. The third kappa shape index (κ3) is 4.41. The Kier molecular flexibility index (Phi) is 5.52. The molecule has 1 aliphatic rings. The maximum atomic E-state index is 12.2. The molecule has 2 N–H and O–H groups in total. The number of aromatic nitrogens is 1. The second kappa shape index (κ2) is 7.38. The number of aryl methyl sites for hydroxylation is 1. The van der Waals surface area contributed by atoms with E-state index in [9.17, 15) is 4.79 Å². The second-order valence-corrected chi connectivity index (χ2v) is 5.23. The van der Waals surface area contributed by atoms with E-state index < -0.39 is 0 Å². The monoisotopic (exact) mass is 292 g/mol. The highest BCUT2D eigenvalue weighted by atomic mass is 16.5. The summed E-state index contributed by atoms with van der Waals surface area (Å²) in [5.41, 5.74) is 1.44. The number of morpholine rings is 1. The number of hydrogen-bond acceptors (Lipinski definition) is 5. The average Bonchev–Trinajstić information content (AvgIpc) is 2.52. The van der Waals surface area contributed by atoms with Crippen molar-refractivity contribution < 1.29 is 9.53 Å². The third-order valence-electron chi connectivity index (χ3n) is 3.63. The van der Waals surface area contributed by atoms with Crippen LogP contribution in [0.2, 0.25) is 0 Å². The molecule has 1 aliphatic heterocycles. The van der Waals surface area contributed by atoms with Gasteiger partial charge in [-0.3, -0.25) is 9.69 Å². The highest BCUT2D eigenvalue weighted by Gasteiger charge is 2.20. The predicted molar refractivity (Wildman–Crippen MR) is 82.7 cm³/mol. The number of ether oxygens (including phenoxy) is 1. The summed E-state index contributed by atoms with van der Waals surface area (Å²) in [7, 11) is 1.79. The van der Waals surface area contributed by atoms with Gasteiger partial charge in [0, 0.05) is 37.9 Å². The minimum atomic E-state index is -0.0887. The van der Waals surface area contributed by atoms with Gasteiger partial charge in [0.25, 0.3) is 5.91 Å². The fourth-order valence-corrected chi connectivity index (χ4v) is 2.43. The van der Waals surface area contributed by atoms with Crippen molar-refractivity contribution in [3.63, 3.8) is 0 Å². The molecular formula is C15H24N4O2. The van der Waals surface area contributed by atoms with Gasteiger partial charge in [-0.05, 0) is 25.6 Å². The number of pyridine rings is 1. The smallest absolute Gasteiger partial charge is 0.251 e. The van der Waals surface area contributed by atoms with Crippen LogP contribution >= 0.6 is 0 Å². The van der Waals surface area contributed by atoms with Crippen LogP contribution in [0.1, 0.15) is 23.0 Å². The Labute approximate surface area is 125 Å². The van der Waals surface area contributed by atoms with E-state index in [2.05, 4.69) is 27.4 Å². The third-order valence-corrected chi connectivity index (χ3v) is 3.63. The van der Waals surface area contributed by atoms with Crippen molar-refractivity contribution >= 4 is 11.7 Å². The molecule has 1 unspecified atom stereocenters. The minimum absolute atomic E-state index is 0.0642. The van der Waals surface area contributed by atoms with Gasteiger partial charge >= 0.3 is 0 Å². The molecule has 0 aliphatic carbocycles. The summed E-state index contributed by atoms with van der Waals surface area (Å²) in [4.78, 5) is 18.8. The van der Waals surface area contributed by atoms with E-state index in [-0.39, 0.29) is 12.0 Å². The number of likely N-dealkylation sites (N-methyl/N-ethyl adjacent to an activating group) is 1. The Balaban J connectivity index is 1.91. The lowest BCUT2D eigenvalue weighted by atomic mass is 10.2. The Hall–Kier alpha value is -1.66. The zero-order valence-electron chi connectivity index (χ0n) is 13.0. The summed E-state index contributed by atoms with van der Waals surface area (Å²) in [5, 5.41) is 5.91. The number of carbonyl (C=O) groups excluding carboxylic acids is 1. The summed E-state index contributed by atoms with van der Waals surface area (Å²) in [6.07, 6.45) is 0.0642. The van der Waals surface area contributed by atoms with Crippen molar-refractivity contribution in [3.8, 4) is 0 Å². The van der Waals surface area contributed by atoms with Crippen molar-refractivity contribution in [2.24, 2.45) is 0 Å². The van der Waals surface area contributed by atoms with Crippen LogP contribution in [0.3, 0.4) is 0 Å². The standard InChI is InChI=1S/C15H24N4O2/c1-4-19-5-6-21-13(10-19)9-17-15(20)12-7-11(2)18-14(8-12)16-3/h7-8,13H,4-6,9-10H2,1-3H3,(H,16,18)(H,17,20). The van der Waals surface area contributed by atoms with Gasteiger partial charge < -0.3 is 15.4 Å². The number of hydrogen-bond donors (Lipinski definition) is 2. The van der Waals surface area contributed by atoms with Crippen molar-refractivity contribution in [2.45, 2.75) is 20.0 Å². The molecule has 6 nitrogen and oxygen atoms in total. The molecule has 1 aromatic heterocycles. The van der Waals surface area contributed by atoms with E-state index in [1.807, 2.05) is 6.92 Å². The Morgan fingerprint density at radius 3 is 3.05 bits per heavy atom. The maximum absolute atomic E-state index is 12.2. The maximum Gasteiger partial charge on any atom is 0.251 e. The molecule has 1 aromatic rings. The molecule has 0 spiro atoms. The number of anilines is 1. The largest absolute Gasteiger partial charge is 0.374 e. The summed E-state index contributed by atoms with van der Waals surface area (Å²) in [6, 6.07) is 3.54. The van der Waals surface area contributed by atoms with Gasteiger partial charge in [-0.25, -0.2) is 4.98 Å². The van der Waals surface area contributed by atoms with E-state index in [0.29, 0.717) is 17.9 Å². The van der Waals surface area contributed by atoms with Gasteiger partial charge in [0.1, 0.15) is 5.82 Å². The van der Waals surface area contributed by atoms with Crippen molar-refractivity contribution in [2.75, 3.05) is 45.2 Å². The summed E-state index contributed by atoms with van der Waals surface area (Å²) in [6.45, 7) is 8.13. The lowest BCUT2D eigenvalue weighted by molar-refractivity contribution is -0.0246. The molecule has 0 saturated carbocycles. The molecule has 1 atom stereocenters. The van der Waals surface area contributed by atoms with Gasteiger partial charge in [-0.1, -0.05) is 6.92 Å². The van der Waals surface area contributed by atoms with E-state index in [4.69, 9.17) is 4.74 Å². The Morgan fingerprint density at radius 1 is 1.52 bits per heavy atom. The van der Waals surface area contributed by atoms with Crippen LogP contribution in [0.25, 0.3) is 0 Å². The van der Waals surface area contributed by atoms with Gasteiger partial charge in [0.2, 0.25) is 0 Å². The molecule has 116 valence electrons. The van der Waals surface area contributed by atoms with Gasteiger partial charge in [-0.15, -0.1) is 0 Å². The molecule has 0 bridgehead atoms. The van der Waals surface area contributed by atoms with Crippen LogP contribution in [0.5, 0.6) is 0 Å². The van der Waals surface area contributed by atoms with E-state index >= 15 is 0 Å². The molecule has 2 rings (SSSR count). The summed E-state index contributed by atoms with van der Waals surface area (Å²) >= 11 is 0.